The van der Waals surface area contributed by atoms with Gasteiger partial charge in [0.25, 0.3) is 0 Å². The van der Waals surface area contributed by atoms with E-state index in [9.17, 15) is 0 Å². The minimum absolute atomic E-state index is 0.0341. The van der Waals surface area contributed by atoms with Gasteiger partial charge in [-0.3, -0.25) is 0 Å². The van der Waals surface area contributed by atoms with Gasteiger partial charge in [0.05, 0.1) is 6.10 Å². The van der Waals surface area contributed by atoms with Crippen LogP contribution in [0.3, 0.4) is 0 Å². The standard InChI is InChI=1S/C12H16ClNO/c13-10-4-1-3-9(7-10)12(14)8-11-5-2-6-15-11/h1,3-4,7,11-12H,2,5-6,8,14H2. The zero-order valence-corrected chi connectivity index (χ0v) is 9.41. The molecule has 82 valence electrons. The third-order valence-corrected chi connectivity index (χ3v) is 3.05. The molecule has 0 saturated carbocycles. The molecule has 0 aliphatic carbocycles. The fourth-order valence-corrected chi connectivity index (χ4v) is 2.19. The monoisotopic (exact) mass is 225 g/mol. The quantitative estimate of drug-likeness (QED) is 0.859. The molecule has 0 aromatic heterocycles. The van der Waals surface area contributed by atoms with Crippen LogP contribution in [0.2, 0.25) is 5.02 Å². The Morgan fingerprint density at radius 1 is 1.53 bits per heavy atom. The lowest BCUT2D eigenvalue weighted by atomic mass is 10.0. The van der Waals surface area contributed by atoms with Crippen molar-refractivity contribution in [2.24, 2.45) is 5.73 Å². The Kier molecular flexibility index (Phi) is 3.62. The summed E-state index contributed by atoms with van der Waals surface area (Å²) >= 11 is 5.92. The Morgan fingerprint density at radius 2 is 2.40 bits per heavy atom. The van der Waals surface area contributed by atoms with Crippen molar-refractivity contribution < 1.29 is 4.74 Å². The van der Waals surface area contributed by atoms with Gasteiger partial charge in [-0.2, -0.15) is 0 Å². The first-order valence-corrected chi connectivity index (χ1v) is 5.76. The van der Waals surface area contributed by atoms with Gasteiger partial charge in [-0.05, 0) is 37.0 Å². The van der Waals surface area contributed by atoms with Crippen molar-refractivity contribution in [3.63, 3.8) is 0 Å². The summed E-state index contributed by atoms with van der Waals surface area (Å²) in [4.78, 5) is 0. The molecular formula is C12H16ClNO. The first kappa shape index (κ1) is 10.9. The van der Waals surface area contributed by atoms with Crippen LogP contribution in [0.1, 0.15) is 30.9 Å². The zero-order valence-electron chi connectivity index (χ0n) is 8.66. The van der Waals surface area contributed by atoms with E-state index in [1.165, 1.54) is 0 Å². The minimum atomic E-state index is 0.0341. The van der Waals surface area contributed by atoms with Crippen LogP contribution in [0.15, 0.2) is 24.3 Å². The van der Waals surface area contributed by atoms with E-state index in [4.69, 9.17) is 22.1 Å². The average Bonchev–Trinajstić information content (AvgIpc) is 2.70. The largest absolute Gasteiger partial charge is 0.378 e. The van der Waals surface area contributed by atoms with Gasteiger partial charge in [-0.25, -0.2) is 0 Å². The van der Waals surface area contributed by atoms with E-state index in [0.29, 0.717) is 6.10 Å². The summed E-state index contributed by atoms with van der Waals surface area (Å²) in [5, 5.41) is 0.746. The van der Waals surface area contributed by atoms with E-state index in [1.54, 1.807) is 0 Å². The maximum absolute atomic E-state index is 6.11. The van der Waals surface area contributed by atoms with Crippen molar-refractivity contribution in [1.29, 1.82) is 0 Å². The van der Waals surface area contributed by atoms with Crippen molar-refractivity contribution in [1.82, 2.24) is 0 Å². The summed E-state index contributed by atoms with van der Waals surface area (Å²) in [6.07, 6.45) is 3.51. The molecule has 0 radical (unpaired) electrons. The van der Waals surface area contributed by atoms with Crippen LogP contribution in [0, 0.1) is 0 Å². The summed E-state index contributed by atoms with van der Waals surface area (Å²) in [5.74, 6) is 0. The number of halogens is 1. The van der Waals surface area contributed by atoms with Crippen molar-refractivity contribution in [2.45, 2.75) is 31.4 Å². The molecule has 1 aliphatic heterocycles. The van der Waals surface area contributed by atoms with Crippen molar-refractivity contribution >= 4 is 11.6 Å². The first-order chi connectivity index (χ1) is 7.25. The van der Waals surface area contributed by atoms with Crippen LogP contribution < -0.4 is 5.73 Å². The van der Waals surface area contributed by atoms with E-state index in [0.717, 1.165) is 36.5 Å². The average molecular weight is 226 g/mol. The van der Waals surface area contributed by atoms with Gasteiger partial charge in [0, 0.05) is 17.7 Å². The molecule has 1 aromatic carbocycles. The van der Waals surface area contributed by atoms with Crippen LogP contribution >= 0.6 is 11.6 Å². The first-order valence-electron chi connectivity index (χ1n) is 5.38. The molecule has 1 fully saturated rings. The van der Waals surface area contributed by atoms with Crippen LogP contribution in [-0.2, 0) is 4.74 Å². The molecule has 2 N–H and O–H groups in total. The second-order valence-electron chi connectivity index (χ2n) is 4.03. The number of rotatable bonds is 3. The number of hydrogen-bond acceptors (Lipinski definition) is 2. The highest BCUT2D eigenvalue weighted by atomic mass is 35.5. The third-order valence-electron chi connectivity index (χ3n) is 2.82. The SMILES string of the molecule is NC(CC1CCCO1)c1cccc(Cl)c1. The lowest BCUT2D eigenvalue weighted by Gasteiger charge is -2.16. The fraction of sp³-hybridized carbons (Fsp3) is 0.500. The number of nitrogens with two attached hydrogens (primary N) is 1. The Morgan fingerprint density at radius 3 is 3.07 bits per heavy atom. The Labute approximate surface area is 95.4 Å². The molecule has 1 heterocycles. The smallest absolute Gasteiger partial charge is 0.0594 e. The van der Waals surface area contributed by atoms with E-state index in [1.807, 2.05) is 24.3 Å². The van der Waals surface area contributed by atoms with Gasteiger partial charge in [-0.1, -0.05) is 23.7 Å². The van der Waals surface area contributed by atoms with Gasteiger partial charge in [0.2, 0.25) is 0 Å². The van der Waals surface area contributed by atoms with Gasteiger partial charge < -0.3 is 10.5 Å². The molecular weight excluding hydrogens is 210 g/mol. The molecule has 1 saturated heterocycles. The van der Waals surface area contributed by atoms with Crippen LogP contribution in [-0.4, -0.2) is 12.7 Å². The van der Waals surface area contributed by atoms with Crippen molar-refractivity contribution in [2.75, 3.05) is 6.61 Å². The van der Waals surface area contributed by atoms with Gasteiger partial charge in [-0.15, -0.1) is 0 Å². The molecule has 15 heavy (non-hydrogen) atoms. The van der Waals surface area contributed by atoms with Gasteiger partial charge >= 0.3 is 0 Å². The zero-order chi connectivity index (χ0) is 10.7. The van der Waals surface area contributed by atoms with E-state index < -0.39 is 0 Å². The van der Waals surface area contributed by atoms with E-state index >= 15 is 0 Å². The molecule has 0 spiro atoms. The highest BCUT2D eigenvalue weighted by molar-refractivity contribution is 6.30. The maximum Gasteiger partial charge on any atom is 0.0594 e. The molecule has 0 bridgehead atoms. The Bertz CT molecular complexity index is 323. The lowest BCUT2D eigenvalue weighted by Crippen LogP contribution is -2.18. The van der Waals surface area contributed by atoms with E-state index in [2.05, 4.69) is 0 Å². The van der Waals surface area contributed by atoms with Crippen LogP contribution in [0.25, 0.3) is 0 Å². The molecule has 2 rings (SSSR count). The summed E-state index contributed by atoms with van der Waals surface area (Å²) < 4.78 is 5.56. The lowest BCUT2D eigenvalue weighted by molar-refractivity contribution is 0.0983. The van der Waals surface area contributed by atoms with E-state index in [-0.39, 0.29) is 6.04 Å². The molecule has 3 heteroatoms. The summed E-state index contributed by atoms with van der Waals surface area (Å²) in [6, 6.07) is 7.79. The number of benzene rings is 1. The maximum atomic E-state index is 6.11. The van der Waals surface area contributed by atoms with Crippen molar-refractivity contribution in [3.8, 4) is 0 Å². The summed E-state index contributed by atoms with van der Waals surface area (Å²) in [6.45, 7) is 0.882. The normalized spacial score (nSPS) is 22.9. The highest BCUT2D eigenvalue weighted by Gasteiger charge is 2.19. The molecule has 1 aromatic rings. The minimum Gasteiger partial charge on any atom is -0.378 e. The molecule has 2 unspecified atom stereocenters. The topological polar surface area (TPSA) is 35.2 Å². The van der Waals surface area contributed by atoms with Crippen molar-refractivity contribution in [3.05, 3.63) is 34.9 Å². The number of hydrogen-bond donors (Lipinski definition) is 1. The summed E-state index contributed by atoms with van der Waals surface area (Å²) in [7, 11) is 0. The molecule has 0 amide bonds. The molecule has 2 atom stereocenters. The Balaban J connectivity index is 1.97. The molecule has 1 aliphatic rings. The predicted molar refractivity (Wildman–Crippen MR) is 62.0 cm³/mol. The summed E-state index contributed by atoms with van der Waals surface area (Å²) in [5.41, 5.74) is 7.20. The van der Waals surface area contributed by atoms with Crippen LogP contribution in [0.4, 0.5) is 0 Å². The van der Waals surface area contributed by atoms with Gasteiger partial charge in [0.15, 0.2) is 0 Å². The van der Waals surface area contributed by atoms with Crippen LogP contribution in [0.5, 0.6) is 0 Å². The predicted octanol–water partition coefficient (Wildman–Crippen LogP) is 2.91. The molecule has 2 nitrogen and oxygen atoms in total. The third kappa shape index (κ3) is 2.94. The number of ether oxygens (including phenoxy) is 1. The van der Waals surface area contributed by atoms with Gasteiger partial charge in [0.1, 0.15) is 0 Å². The fourth-order valence-electron chi connectivity index (χ4n) is 1.99. The second kappa shape index (κ2) is 4.97. The Hall–Kier alpha value is -0.570. The highest BCUT2D eigenvalue weighted by Crippen LogP contribution is 2.24. The second-order valence-corrected chi connectivity index (χ2v) is 4.47.